The molecule has 0 aromatic carbocycles. The van der Waals surface area contributed by atoms with Crippen LogP contribution in [-0.2, 0) is 0 Å². The van der Waals surface area contributed by atoms with Gasteiger partial charge in [-0.3, -0.25) is 0 Å². The van der Waals surface area contributed by atoms with Gasteiger partial charge < -0.3 is 17.2 Å². The molecule has 1 aliphatic carbocycles. The van der Waals surface area contributed by atoms with Gasteiger partial charge in [0.25, 0.3) is 0 Å². The van der Waals surface area contributed by atoms with E-state index in [1.54, 1.807) is 0 Å². The van der Waals surface area contributed by atoms with Crippen molar-refractivity contribution in [2.75, 3.05) is 0 Å². The fourth-order valence-corrected chi connectivity index (χ4v) is 0.964. The lowest BCUT2D eigenvalue weighted by Crippen LogP contribution is -2.46. The van der Waals surface area contributed by atoms with E-state index in [0.717, 1.165) is 6.42 Å². The molecule has 3 atom stereocenters. The predicted molar refractivity (Wildman–Crippen MR) is 37.7 cm³/mol. The first-order valence-corrected chi connectivity index (χ1v) is 3.15. The topological polar surface area (TPSA) is 78.1 Å². The van der Waals surface area contributed by atoms with E-state index in [1.807, 2.05) is 12.2 Å². The van der Waals surface area contributed by atoms with Gasteiger partial charge in [0.2, 0.25) is 0 Å². The number of hydrogen-bond donors (Lipinski definition) is 3. The van der Waals surface area contributed by atoms with Crippen LogP contribution in [0.25, 0.3) is 0 Å². The number of rotatable bonds is 0. The Morgan fingerprint density at radius 2 is 1.78 bits per heavy atom. The number of nitrogens with two attached hydrogens (primary N) is 3. The van der Waals surface area contributed by atoms with Crippen LogP contribution >= 0.6 is 0 Å². The van der Waals surface area contributed by atoms with Crippen molar-refractivity contribution in [2.45, 2.75) is 24.5 Å². The second kappa shape index (κ2) is 2.47. The van der Waals surface area contributed by atoms with E-state index in [9.17, 15) is 0 Å². The summed E-state index contributed by atoms with van der Waals surface area (Å²) in [4.78, 5) is 0. The fourth-order valence-electron chi connectivity index (χ4n) is 0.964. The standard InChI is InChI=1S/C6H13N3/c7-4-1-2-5(8)6(9)3-4/h1-2,4-6H,3,7-9H2. The molecule has 0 spiro atoms. The highest BCUT2D eigenvalue weighted by Gasteiger charge is 2.17. The summed E-state index contributed by atoms with van der Waals surface area (Å²) < 4.78 is 0. The Morgan fingerprint density at radius 3 is 2.22 bits per heavy atom. The van der Waals surface area contributed by atoms with Gasteiger partial charge in [0.15, 0.2) is 0 Å². The van der Waals surface area contributed by atoms with Gasteiger partial charge in [0.05, 0.1) is 0 Å². The van der Waals surface area contributed by atoms with E-state index < -0.39 is 0 Å². The van der Waals surface area contributed by atoms with E-state index >= 15 is 0 Å². The maximum atomic E-state index is 5.61. The van der Waals surface area contributed by atoms with Crippen molar-refractivity contribution in [3.63, 3.8) is 0 Å². The van der Waals surface area contributed by atoms with Crippen LogP contribution in [0.15, 0.2) is 12.2 Å². The lowest BCUT2D eigenvalue weighted by Gasteiger charge is -2.23. The second-order valence-corrected chi connectivity index (χ2v) is 2.53. The molecule has 3 unspecified atom stereocenters. The summed E-state index contributed by atoms with van der Waals surface area (Å²) in [6, 6.07) is 0.162. The minimum Gasteiger partial charge on any atom is -0.326 e. The van der Waals surface area contributed by atoms with Gasteiger partial charge in [-0.1, -0.05) is 12.2 Å². The normalized spacial score (nSPS) is 43.2. The molecule has 0 saturated heterocycles. The summed E-state index contributed by atoms with van der Waals surface area (Å²) in [5.74, 6) is 0. The summed E-state index contributed by atoms with van der Waals surface area (Å²) in [5, 5.41) is 0. The third kappa shape index (κ3) is 1.51. The van der Waals surface area contributed by atoms with Gasteiger partial charge in [0.1, 0.15) is 0 Å². The van der Waals surface area contributed by atoms with Gasteiger partial charge >= 0.3 is 0 Å². The summed E-state index contributed by atoms with van der Waals surface area (Å²) >= 11 is 0. The van der Waals surface area contributed by atoms with Crippen LogP contribution in [0.5, 0.6) is 0 Å². The van der Waals surface area contributed by atoms with E-state index in [0.29, 0.717) is 0 Å². The average Bonchev–Trinajstić information content (AvgIpc) is 1.80. The van der Waals surface area contributed by atoms with Crippen molar-refractivity contribution in [3.8, 4) is 0 Å². The zero-order valence-electron chi connectivity index (χ0n) is 5.33. The monoisotopic (exact) mass is 127 g/mol. The van der Waals surface area contributed by atoms with Gasteiger partial charge in [-0.15, -0.1) is 0 Å². The molecule has 52 valence electrons. The molecule has 6 N–H and O–H groups in total. The van der Waals surface area contributed by atoms with Gasteiger partial charge in [-0.2, -0.15) is 0 Å². The zero-order valence-corrected chi connectivity index (χ0v) is 5.33. The van der Waals surface area contributed by atoms with Crippen LogP contribution < -0.4 is 17.2 Å². The van der Waals surface area contributed by atoms with Crippen LogP contribution in [0.3, 0.4) is 0 Å². The van der Waals surface area contributed by atoms with E-state index in [-0.39, 0.29) is 18.1 Å². The fraction of sp³-hybridized carbons (Fsp3) is 0.667. The Morgan fingerprint density at radius 1 is 1.11 bits per heavy atom. The van der Waals surface area contributed by atoms with Crippen molar-refractivity contribution in [1.29, 1.82) is 0 Å². The maximum Gasteiger partial charge on any atom is 0.0379 e. The molecule has 0 fully saturated rings. The number of hydrogen-bond acceptors (Lipinski definition) is 3. The highest BCUT2D eigenvalue weighted by molar-refractivity contribution is 5.07. The minimum atomic E-state index is 0.00444. The van der Waals surface area contributed by atoms with Crippen LogP contribution in [0.2, 0.25) is 0 Å². The molecule has 0 radical (unpaired) electrons. The summed E-state index contributed by atoms with van der Waals surface area (Å²) in [7, 11) is 0. The van der Waals surface area contributed by atoms with Crippen molar-refractivity contribution in [1.82, 2.24) is 0 Å². The lowest BCUT2D eigenvalue weighted by atomic mass is 9.95. The minimum absolute atomic E-state index is 0.00444. The Bertz CT molecular complexity index is 121. The first kappa shape index (κ1) is 6.74. The summed E-state index contributed by atoms with van der Waals surface area (Å²) in [6.45, 7) is 0. The highest BCUT2D eigenvalue weighted by Crippen LogP contribution is 2.06. The molecule has 0 heterocycles. The third-order valence-corrected chi connectivity index (χ3v) is 1.62. The molecule has 0 bridgehead atoms. The Kier molecular flexibility index (Phi) is 1.85. The quantitative estimate of drug-likeness (QED) is 0.362. The van der Waals surface area contributed by atoms with Crippen molar-refractivity contribution >= 4 is 0 Å². The van der Waals surface area contributed by atoms with Crippen molar-refractivity contribution in [2.24, 2.45) is 17.2 Å². The summed E-state index contributed by atoms with van der Waals surface area (Å²) in [6.07, 6.45) is 4.59. The Labute approximate surface area is 54.9 Å². The molecule has 9 heavy (non-hydrogen) atoms. The Balaban J connectivity index is 2.54. The van der Waals surface area contributed by atoms with E-state index in [2.05, 4.69) is 0 Å². The smallest absolute Gasteiger partial charge is 0.0379 e. The van der Waals surface area contributed by atoms with Gasteiger partial charge in [0, 0.05) is 18.1 Å². The SMILES string of the molecule is NC1C=CC(N)C(N)C1. The van der Waals surface area contributed by atoms with Crippen LogP contribution in [0.1, 0.15) is 6.42 Å². The molecule has 0 amide bonds. The first-order valence-electron chi connectivity index (χ1n) is 3.15. The van der Waals surface area contributed by atoms with Crippen molar-refractivity contribution < 1.29 is 0 Å². The van der Waals surface area contributed by atoms with E-state index in [1.165, 1.54) is 0 Å². The molecular weight excluding hydrogens is 114 g/mol. The molecule has 3 nitrogen and oxygen atoms in total. The lowest BCUT2D eigenvalue weighted by molar-refractivity contribution is 0.504. The first-order chi connectivity index (χ1) is 4.20. The van der Waals surface area contributed by atoms with Crippen molar-refractivity contribution in [3.05, 3.63) is 12.2 Å². The third-order valence-electron chi connectivity index (χ3n) is 1.62. The largest absolute Gasteiger partial charge is 0.326 e. The summed E-state index contributed by atoms with van der Waals surface area (Å²) in [5.41, 5.74) is 16.8. The second-order valence-electron chi connectivity index (χ2n) is 2.53. The average molecular weight is 127 g/mol. The van der Waals surface area contributed by atoms with Crippen LogP contribution in [0.4, 0.5) is 0 Å². The van der Waals surface area contributed by atoms with Gasteiger partial charge in [-0.05, 0) is 6.42 Å². The van der Waals surface area contributed by atoms with Crippen LogP contribution in [0, 0.1) is 0 Å². The molecule has 0 aromatic heterocycles. The Hall–Kier alpha value is -0.380. The molecule has 0 aliphatic heterocycles. The molecule has 1 aliphatic rings. The van der Waals surface area contributed by atoms with Crippen LogP contribution in [-0.4, -0.2) is 18.1 Å². The van der Waals surface area contributed by atoms with E-state index in [4.69, 9.17) is 17.2 Å². The molecule has 1 rings (SSSR count). The molecule has 3 heteroatoms. The molecule has 0 saturated carbocycles. The zero-order chi connectivity index (χ0) is 6.85. The molecular formula is C6H13N3. The molecule has 0 aromatic rings. The van der Waals surface area contributed by atoms with Gasteiger partial charge in [-0.25, -0.2) is 0 Å². The maximum absolute atomic E-state index is 5.61. The predicted octanol–water partition coefficient (Wildman–Crippen LogP) is -1.07. The highest BCUT2D eigenvalue weighted by atomic mass is 14.8.